The van der Waals surface area contributed by atoms with E-state index in [4.69, 9.17) is 9.97 Å². The molecule has 270 valence electrons. The Morgan fingerprint density at radius 1 is 0.379 bits per heavy atom. The molecular weight excluding hydrogens is 727 g/mol. The molecule has 0 aliphatic carbocycles. The normalized spacial score (nSPS) is 12.1. The molecule has 58 heavy (non-hydrogen) atoms. The summed E-state index contributed by atoms with van der Waals surface area (Å²) in [6.45, 7) is 0. The molecule has 5 nitrogen and oxygen atoms in total. The van der Waals surface area contributed by atoms with Crippen molar-refractivity contribution in [2.75, 3.05) is 0 Å². The molecule has 13 rings (SSSR count). The van der Waals surface area contributed by atoms with Gasteiger partial charge in [0.25, 0.3) is 0 Å². The van der Waals surface area contributed by atoms with E-state index in [1.807, 2.05) is 6.20 Å². The number of para-hydroxylation sites is 6. The quantitative estimate of drug-likeness (QED) is 0.179. The first-order valence-corrected chi connectivity index (χ1v) is 20.4. The third kappa shape index (κ3) is 4.35. The van der Waals surface area contributed by atoms with Crippen LogP contribution in [0.1, 0.15) is 0 Å². The SMILES string of the molecule is c1ccc(-n2c3ccccc3c3c(-c4ncc5sc6ccc(-n7c8ccccc8c8ccccc87)cc6c5n4)c(-n4c5ccccc5c5ccccc54)ccc32)cc1. The molecule has 0 unspecified atom stereocenters. The van der Waals surface area contributed by atoms with Crippen LogP contribution >= 0.6 is 11.3 Å². The van der Waals surface area contributed by atoms with Gasteiger partial charge in [0, 0.05) is 60.0 Å². The molecule has 13 aromatic rings. The Morgan fingerprint density at radius 2 is 0.897 bits per heavy atom. The van der Waals surface area contributed by atoms with Gasteiger partial charge in [-0.1, -0.05) is 109 Å². The van der Waals surface area contributed by atoms with Gasteiger partial charge in [-0.3, -0.25) is 0 Å². The molecule has 5 aromatic heterocycles. The van der Waals surface area contributed by atoms with Crippen molar-refractivity contribution >= 4 is 97.1 Å². The van der Waals surface area contributed by atoms with Crippen LogP contribution in [0.15, 0.2) is 188 Å². The van der Waals surface area contributed by atoms with E-state index in [0.717, 1.165) is 71.1 Å². The van der Waals surface area contributed by atoms with Crippen molar-refractivity contribution in [3.05, 3.63) is 188 Å². The first-order valence-electron chi connectivity index (χ1n) is 19.6. The number of benzene rings is 8. The van der Waals surface area contributed by atoms with E-state index in [1.165, 1.54) is 37.3 Å². The molecule has 0 bridgehead atoms. The fourth-order valence-corrected chi connectivity index (χ4v) is 10.5. The summed E-state index contributed by atoms with van der Waals surface area (Å²) in [5, 5.41) is 8.34. The largest absolute Gasteiger partial charge is 0.309 e. The number of fused-ring (bicyclic) bond motifs is 12. The highest BCUT2D eigenvalue weighted by atomic mass is 32.1. The number of hydrogen-bond donors (Lipinski definition) is 0. The Kier molecular flexibility index (Phi) is 6.54. The van der Waals surface area contributed by atoms with Gasteiger partial charge >= 0.3 is 0 Å². The zero-order valence-corrected chi connectivity index (χ0v) is 31.9. The van der Waals surface area contributed by atoms with Gasteiger partial charge in [0.2, 0.25) is 0 Å². The third-order valence-electron chi connectivity index (χ3n) is 11.9. The Hall–Kier alpha value is -7.54. The average molecular weight is 758 g/mol. The van der Waals surface area contributed by atoms with Gasteiger partial charge in [-0.15, -0.1) is 11.3 Å². The van der Waals surface area contributed by atoms with Crippen LogP contribution in [-0.4, -0.2) is 23.7 Å². The minimum absolute atomic E-state index is 0.702. The minimum atomic E-state index is 0.702. The first kappa shape index (κ1) is 31.6. The van der Waals surface area contributed by atoms with Crippen molar-refractivity contribution in [1.29, 1.82) is 0 Å². The summed E-state index contributed by atoms with van der Waals surface area (Å²) < 4.78 is 9.42. The second kappa shape index (κ2) is 12.0. The number of hydrogen-bond acceptors (Lipinski definition) is 3. The molecule has 0 aliphatic rings. The van der Waals surface area contributed by atoms with Crippen molar-refractivity contribution in [3.8, 4) is 28.5 Å². The van der Waals surface area contributed by atoms with Gasteiger partial charge in [-0.2, -0.15) is 0 Å². The average Bonchev–Trinajstić information content (AvgIpc) is 4.02. The number of nitrogens with zero attached hydrogens (tertiary/aromatic N) is 5. The summed E-state index contributed by atoms with van der Waals surface area (Å²) in [5.74, 6) is 0.702. The lowest BCUT2D eigenvalue weighted by Crippen LogP contribution is -2.01. The standard InChI is InChI=1S/C52H31N5S/c1-2-14-32(15-3-1)55-44-25-13-8-20-38(44)49-45(55)27-28-46(57-42-23-11-6-18-36(42)37-19-7-12-24-43(37)57)50(49)52-53-31-48-51(54-52)39-30-33(26-29-47(39)58-48)56-40-21-9-4-16-34(40)35-17-5-10-22-41(35)56/h1-31H. The molecule has 0 saturated carbocycles. The van der Waals surface area contributed by atoms with E-state index in [0.29, 0.717) is 5.82 Å². The molecule has 0 spiro atoms. The Balaban J connectivity index is 1.14. The minimum Gasteiger partial charge on any atom is -0.309 e. The van der Waals surface area contributed by atoms with Gasteiger partial charge in [-0.25, -0.2) is 9.97 Å². The molecule has 0 fully saturated rings. The van der Waals surface area contributed by atoms with Crippen LogP contribution in [0.2, 0.25) is 0 Å². The first-order chi connectivity index (χ1) is 28.8. The van der Waals surface area contributed by atoms with Crippen LogP contribution in [0.5, 0.6) is 0 Å². The van der Waals surface area contributed by atoms with Gasteiger partial charge in [0.05, 0.1) is 54.6 Å². The summed E-state index contributed by atoms with van der Waals surface area (Å²) in [5.41, 5.74) is 12.2. The Morgan fingerprint density at radius 3 is 1.52 bits per heavy atom. The molecular formula is C52H31N5S. The lowest BCUT2D eigenvalue weighted by atomic mass is 10.0. The van der Waals surface area contributed by atoms with Crippen LogP contribution in [0.4, 0.5) is 0 Å². The van der Waals surface area contributed by atoms with E-state index in [9.17, 15) is 0 Å². The van der Waals surface area contributed by atoms with Crippen molar-refractivity contribution in [2.45, 2.75) is 0 Å². The highest BCUT2D eigenvalue weighted by Gasteiger charge is 2.24. The van der Waals surface area contributed by atoms with Crippen LogP contribution < -0.4 is 0 Å². The fraction of sp³-hybridized carbons (Fsp3) is 0. The maximum Gasteiger partial charge on any atom is 0.162 e. The number of thiophene rings is 1. The van der Waals surface area contributed by atoms with Crippen molar-refractivity contribution in [3.63, 3.8) is 0 Å². The predicted molar refractivity (Wildman–Crippen MR) is 243 cm³/mol. The summed E-state index contributed by atoms with van der Waals surface area (Å²) >= 11 is 1.75. The maximum atomic E-state index is 5.62. The fourth-order valence-electron chi connectivity index (χ4n) is 9.51. The Labute approximate surface area is 335 Å². The monoisotopic (exact) mass is 757 g/mol. The smallest absolute Gasteiger partial charge is 0.162 e. The van der Waals surface area contributed by atoms with Crippen LogP contribution in [0, 0.1) is 0 Å². The second-order valence-electron chi connectivity index (χ2n) is 15.0. The predicted octanol–water partition coefficient (Wildman–Crippen LogP) is 13.8. The molecule has 5 heterocycles. The molecule has 8 aromatic carbocycles. The van der Waals surface area contributed by atoms with E-state index in [-0.39, 0.29) is 0 Å². The lowest BCUT2D eigenvalue weighted by molar-refractivity contribution is 1.15. The number of aromatic nitrogens is 5. The zero-order chi connectivity index (χ0) is 37.9. The second-order valence-corrected chi connectivity index (χ2v) is 16.1. The zero-order valence-electron chi connectivity index (χ0n) is 31.0. The maximum absolute atomic E-state index is 5.62. The van der Waals surface area contributed by atoms with Gasteiger partial charge in [0.15, 0.2) is 5.82 Å². The van der Waals surface area contributed by atoms with Gasteiger partial charge < -0.3 is 13.7 Å². The van der Waals surface area contributed by atoms with Gasteiger partial charge in [0.1, 0.15) is 0 Å². The van der Waals surface area contributed by atoms with Crippen LogP contribution in [0.25, 0.3) is 114 Å². The van der Waals surface area contributed by atoms with Gasteiger partial charge in [-0.05, 0) is 72.8 Å². The highest BCUT2D eigenvalue weighted by molar-refractivity contribution is 7.25. The molecule has 0 N–H and O–H groups in total. The summed E-state index contributed by atoms with van der Waals surface area (Å²) in [6.07, 6.45) is 2.04. The lowest BCUT2D eigenvalue weighted by Gasteiger charge is -2.16. The van der Waals surface area contributed by atoms with E-state index in [1.54, 1.807) is 11.3 Å². The van der Waals surface area contributed by atoms with Crippen molar-refractivity contribution < 1.29 is 0 Å². The highest BCUT2D eigenvalue weighted by Crippen LogP contribution is 2.45. The van der Waals surface area contributed by atoms with Crippen LogP contribution in [0.3, 0.4) is 0 Å². The van der Waals surface area contributed by atoms with Crippen LogP contribution in [-0.2, 0) is 0 Å². The van der Waals surface area contributed by atoms with Crippen molar-refractivity contribution in [2.24, 2.45) is 0 Å². The molecule has 0 atom stereocenters. The Bertz CT molecular complexity index is 3700. The molecule has 0 aliphatic heterocycles. The number of rotatable bonds is 4. The molecule has 0 radical (unpaired) electrons. The summed E-state index contributed by atoms with van der Waals surface area (Å²) in [7, 11) is 0. The topological polar surface area (TPSA) is 40.6 Å². The molecule has 6 heteroatoms. The summed E-state index contributed by atoms with van der Waals surface area (Å²) in [6, 6.07) is 65.5. The van der Waals surface area contributed by atoms with E-state index >= 15 is 0 Å². The molecule has 0 amide bonds. The van der Waals surface area contributed by atoms with Crippen molar-refractivity contribution in [1.82, 2.24) is 23.7 Å². The third-order valence-corrected chi connectivity index (χ3v) is 13.0. The molecule has 0 saturated heterocycles. The van der Waals surface area contributed by atoms with E-state index < -0.39 is 0 Å². The van der Waals surface area contributed by atoms with E-state index in [2.05, 4.69) is 196 Å². The summed E-state index contributed by atoms with van der Waals surface area (Å²) in [4.78, 5) is 10.9.